The molecule has 0 aromatic rings. The molecule has 3 nitrogen and oxygen atoms in total. The van der Waals surface area contributed by atoms with Gasteiger partial charge in [0.25, 0.3) is 0 Å². The molecule has 0 atom stereocenters. The van der Waals surface area contributed by atoms with E-state index in [1.165, 1.54) is 12.8 Å². The van der Waals surface area contributed by atoms with Gasteiger partial charge < -0.3 is 9.80 Å². The lowest BCUT2D eigenvalue weighted by molar-refractivity contribution is -0.127. The molecule has 0 aromatic carbocycles. The molecule has 0 bridgehead atoms. The van der Waals surface area contributed by atoms with E-state index in [9.17, 15) is 4.79 Å². The number of hydrogen-bond donors (Lipinski definition) is 0. The van der Waals surface area contributed by atoms with Crippen molar-refractivity contribution in [2.75, 3.05) is 33.2 Å². The van der Waals surface area contributed by atoms with Crippen LogP contribution in [-0.2, 0) is 4.79 Å². The van der Waals surface area contributed by atoms with Crippen molar-refractivity contribution < 1.29 is 4.79 Å². The van der Waals surface area contributed by atoms with Gasteiger partial charge in [0.15, 0.2) is 0 Å². The summed E-state index contributed by atoms with van der Waals surface area (Å²) in [5, 5.41) is 0. The van der Waals surface area contributed by atoms with Crippen LogP contribution in [0.4, 0.5) is 0 Å². The standard InChI is InChI=1S/C11H22N2O/c1-3-4-7-12(2)9-10-13-8-5-6-11(13)14/h3-10H2,1-2H3. The highest BCUT2D eigenvalue weighted by Gasteiger charge is 2.19. The Kier molecular flexibility index (Phi) is 4.94. The average Bonchev–Trinajstić information content (AvgIpc) is 2.58. The van der Waals surface area contributed by atoms with E-state index in [4.69, 9.17) is 0 Å². The van der Waals surface area contributed by atoms with Crippen LogP contribution < -0.4 is 0 Å². The van der Waals surface area contributed by atoms with Crippen LogP contribution in [0.15, 0.2) is 0 Å². The van der Waals surface area contributed by atoms with Gasteiger partial charge >= 0.3 is 0 Å². The van der Waals surface area contributed by atoms with Gasteiger partial charge in [0, 0.05) is 26.1 Å². The van der Waals surface area contributed by atoms with E-state index >= 15 is 0 Å². The first kappa shape index (κ1) is 11.5. The van der Waals surface area contributed by atoms with Crippen molar-refractivity contribution in [3.63, 3.8) is 0 Å². The summed E-state index contributed by atoms with van der Waals surface area (Å²) in [6.07, 6.45) is 4.31. The van der Waals surface area contributed by atoms with Crippen molar-refractivity contribution in [3.05, 3.63) is 0 Å². The molecule has 1 aliphatic rings. The third-order valence-electron chi connectivity index (χ3n) is 2.82. The zero-order chi connectivity index (χ0) is 10.4. The van der Waals surface area contributed by atoms with Gasteiger partial charge in [-0.2, -0.15) is 0 Å². The van der Waals surface area contributed by atoms with Crippen molar-refractivity contribution >= 4 is 5.91 Å². The number of amides is 1. The Bertz CT molecular complexity index is 182. The van der Waals surface area contributed by atoms with Crippen molar-refractivity contribution in [3.8, 4) is 0 Å². The predicted molar refractivity (Wildman–Crippen MR) is 58.2 cm³/mol. The molecule has 1 aliphatic heterocycles. The second kappa shape index (κ2) is 6.02. The highest BCUT2D eigenvalue weighted by Crippen LogP contribution is 2.08. The van der Waals surface area contributed by atoms with Crippen molar-refractivity contribution in [1.29, 1.82) is 0 Å². The van der Waals surface area contributed by atoms with Crippen molar-refractivity contribution in [2.24, 2.45) is 0 Å². The second-order valence-corrected chi connectivity index (χ2v) is 4.14. The molecule has 0 spiro atoms. The first-order valence-electron chi connectivity index (χ1n) is 5.70. The maximum atomic E-state index is 11.3. The summed E-state index contributed by atoms with van der Waals surface area (Å²) < 4.78 is 0. The smallest absolute Gasteiger partial charge is 0.222 e. The van der Waals surface area contributed by atoms with Crippen LogP contribution in [0.5, 0.6) is 0 Å². The minimum Gasteiger partial charge on any atom is -0.341 e. The molecule has 1 heterocycles. The van der Waals surface area contributed by atoms with Crippen LogP contribution >= 0.6 is 0 Å². The zero-order valence-electron chi connectivity index (χ0n) is 9.46. The Morgan fingerprint density at radius 1 is 1.43 bits per heavy atom. The Hall–Kier alpha value is -0.570. The monoisotopic (exact) mass is 198 g/mol. The minimum absolute atomic E-state index is 0.342. The molecule has 14 heavy (non-hydrogen) atoms. The summed E-state index contributed by atoms with van der Waals surface area (Å²) in [6, 6.07) is 0. The number of unbranched alkanes of at least 4 members (excludes halogenated alkanes) is 1. The number of carbonyl (C=O) groups excluding carboxylic acids is 1. The van der Waals surface area contributed by atoms with Crippen LogP contribution in [0, 0.1) is 0 Å². The molecule has 0 saturated carbocycles. The fraction of sp³-hybridized carbons (Fsp3) is 0.909. The molecule has 0 N–H and O–H groups in total. The van der Waals surface area contributed by atoms with Gasteiger partial charge in [-0.15, -0.1) is 0 Å². The van der Waals surface area contributed by atoms with E-state index in [-0.39, 0.29) is 0 Å². The number of likely N-dealkylation sites (N-methyl/N-ethyl adjacent to an activating group) is 1. The molecule has 1 rings (SSSR count). The molecule has 1 saturated heterocycles. The van der Waals surface area contributed by atoms with E-state index in [0.29, 0.717) is 5.91 Å². The van der Waals surface area contributed by atoms with Gasteiger partial charge in [-0.25, -0.2) is 0 Å². The number of rotatable bonds is 6. The molecule has 3 heteroatoms. The molecular formula is C11H22N2O. The van der Waals surface area contributed by atoms with Crippen LogP contribution in [0.25, 0.3) is 0 Å². The van der Waals surface area contributed by atoms with Gasteiger partial charge in [0.05, 0.1) is 0 Å². The van der Waals surface area contributed by atoms with Crippen LogP contribution in [0.1, 0.15) is 32.6 Å². The molecule has 0 aromatic heterocycles. The van der Waals surface area contributed by atoms with Crippen LogP contribution in [0.3, 0.4) is 0 Å². The van der Waals surface area contributed by atoms with Gasteiger partial charge in [-0.05, 0) is 26.4 Å². The summed E-state index contributed by atoms with van der Waals surface area (Å²) in [5.74, 6) is 0.342. The summed E-state index contributed by atoms with van der Waals surface area (Å²) in [6.45, 7) is 6.27. The molecule has 82 valence electrons. The Morgan fingerprint density at radius 3 is 2.79 bits per heavy atom. The van der Waals surface area contributed by atoms with Gasteiger partial charge in [-0.1, -0.05) is 13.3 Å². The third kappa shape index (κ3) is 3.66. The molecular weight excluding hydrogens is 176 g/mol. The second-order valence-electron chi connectivity index (χ2n) is 4.14. The number of likely N-dealkylation sites (tertiary alicyclic amines) is 1. The summed E-state index contributed by atoms with van der Waals surface area (Å²) >= 11 is 0. The minimum atomic E-state index is 0.342. The summed E-state index contributed by atoms with van der Waals surface area (Å²) in [5.41, 5.74) is 0. The summed E-state index contributed by atoms with van der Waals surface area (Å²) in [4.78, 5) is 15.6. The highest BCUT2D eigenvalue weighted by atomic mass is 16.2. The molecule has 1 fully saturated rings. The lowest BCUT2D eigenvalue weighted by atomic mass is 10.3. The molecule has 0 unspecified atom stereocenters. The lowest BCUT2D eigenvalue weighted by Crippen LogP contribution is -2.34. The number of hydrogen-bond acceptors (Lipinski definition) is 2. The first-order chi connectivity index (χ1) is 6.74. The number of nitrogens with zero attached hydrogens (tertiary/aromatic N) is 2. The maximum Gasteiger partial charge on any atom is 0.222 e. The van der Waals surface area contributed by atoms with E-state index in [0.717, 1.165) is 39.0 Å². The lowest BCUT2D eigenvalue weighted by Gasteiger charge is -2.21. The topological polar surface area (TPSA) is 23.6 Å². The normalized spacial score (nSPS) is 17.1. The fourth-order valence-corrected chi connectivity index (χ4v) is 1.77. The third-order valence-corrected chi connectivity index (χ3v) is 2.82. The Labute approximate surface area is 87.1 Å². The maximum absolute atomic E-state index is 11.3. The Morgan fingerprint density at radius 2 is 2.21 bits per heavy atom. The predicted octanol–water partition coefficient (Wildman–Crippen LogP) is 1.34. The van der Waals surface area contributed by atoms with Crippen LogP contribution in [0.2, 0.25) is 0 Å². The Balaban J connectivity index is 2.10. The summed E-state index contributed by atoms with van der Waals surface area (Å²) in [7, 11) is 2.14. The highest BCUT2D eigenvalue weighted by molar-refractivity contribution is 5.78. The fourth-order valence-electron chi connectivity index (χ4n) is 1.77. The quantitative estimate of drug-likeness (QED) is 0.643. The molecule has 0 aliphatic carbocycles. The van der Waals surface area contributed by atoms with Crippen LogP contribution in [-0.4, -0.2) is 48.9 Å². The SMILES string of the molecule is CCCCN(C)CCN1CCCC1=O. The zero-order valence-corrected chi connectivity index (χ0v) is 9.46. The van der Waals surface area contributed by atoms with E-state index in [1.54, 1.807) is 0 Å². The average molecular weight is 198 g/mol. The first-order valence-corrected chi connectivity index (χ1v) is 5.70. The van der Waals surface area contributed by atoms with E-state index in [1.807, 2.05) is 4.90 Å². The van der Waals surface area contributed by atoms with Gasteiger partial charge in [0.2, 0.25) is 5.91 Å². The van der Waals surface area contributed by atoms with Gasteiger partial charge in [0.1, 0.15) is 0 Å². The van der Waals surface area contributed by atoms with Gasteiger partial charge in [-0.3, -0.25) is 4.79 Å². The molecule has 0 radical (unpaired) electrons. The molecule has 1 amide bonds. The largest absolute Gasteiger partial charge is 0.341 e. The van der Waals surface area contributed by atoms with Crippen molar-refractivity contribution in [1.82, 2.24) is 9.80 Å². The van der Waals surface area contributed by atoms with E-state index in [2.05, 4.69) is 18.9 Å². The van der Waals surface area contributed by atoms with Crippen molar-refractivity contribution in [2.45, 2.75) is 32.6 Å². The number of carbonyl (C=O) groups is 1. The van der Waals surface area contributed by atoms with E-state index < -0.39 is 0 Å².